The number of nitrogens with one attached hydrogen (secondary N) is 3. The van der Waals surface area contributed by atoms with E-state index in [1.54, 1.807) is 18.2 Å². The van der Waals surface area contributed by atoms with Crippen LogP contribution in [0.3, 0.4) is 0 Å². The Balaban J connectivity index is 1.27. The van der Waals surface area contributed by atoms with Crippen LogP contribution in [-0.2, 0) is 11.2 Å². The Bertz CT molecular complexity index is 1180. The van der Waals surface area contributed by atoms with E-state index in [1.165, 1.54) is 12.0 Å². The molecule has 3 N–H and O–H groups in total. The van der Waals surface area contributed by atoms with Crippen molar-refractivity contribution in [1.82, 2.24) is 5.32 Å². The Kier molecular flexibility index (Phi) is 9.83. The first kappa shape index (κ1) is 26.6. The SMILES string of the molecule is O=C(CNc1ccccc1OCCCc1ccccc1)Nc1ccc(Cl)c(C(=O)NC2CCCCC2)c1. The van der Waals surface area contributed by atoms with Crippen LogP contribution < -0.4 is 20.7 Å². The van der Waals surface area contributed by atoms with Gasteiger partial charge in [-0.2, -0.15) is 0 Å². The summed E-state index contributed by atoms with van der Waals surface area (Å²) < 4.78 is 5.97. The van der Waals surface area contributed by atoms with Crippen molar-refractivity contribution in [3.8, 4) is 5.75 Å². The van der Waals surface area contributed by atoms with E-state index in [9.17, 15) is 9.59 Å². The molecule has 3 aromatic carbocycles. The van der Waals surface area contributed by atoms with Crippen molar-refractivity contribution in [2.24, 2.45) is 0 Å². The van der Waals surface area contributed by atoms with Crippen LogP contribution in [-0.4, -0.2) is 31.0 Å². The Morgan fingerprint density at radius 1 is 0.919 bits per heavy atom. The molecule has 6 nitrogen and oxygen atoms in total. The van der Waals surface area contributed by atoms with E-state index in [-0.39, 0.29) is 24.4 Å². The smallest absolute Gasteiger partial charge is 0.253 e. The first-order valence-corrected chi connectivity index (χ1v) is 13.4. The van der Waals surface area contributed by atoms with Gasteiger partial charge in [-0.15, -0.1) is 0 Å². The number of para-hydroxylation sites is 2. The van der Waals surface area contributed by atoms with Crippen molar-refractivity contribution in [3.05, 3.63) is 88.9 Å². The summed E-state index contributed by atoms with van der Waals surface area (Å²) in [5, 5.41) is 9.44. The fraction of sp³-hybridized carbons (Fsp3) is 0.333. The fourth-order valence-electron chi connectivity index (χ4n) is 4.51. The zero-order valence-corrected chi connectivity index (χ0v) is 21.7. The van der Waals surface area contributed by atoms with E-state index >= 15 is 0 Å². The molecule has 1 aliphatic carbocycles. The third-order valence-corrected chi connectivity index (χ3v) is 6.80. The highest BCUT2D eigenvalue weighted by Gasteiger charge is 2.19. The minimum absolute atomic E-state index is 0.0522. The third-order valence-electron chi connectivity index (χ3n) is 6.47. The van der Waals surface area contributed by atoms with Crippen LogP contribution in [0, 0.1) is 0 Å². The number of anilines is 2. The lowest BCUT2D eigenvalue weighted by Crippen LogP contribution is -2.36. The van der Waals surface area contributed by atoms with Crippen molar-refractivity contribution in [3.63, 3.8) is 0 Å². The molecular weight excluding hydrogens is 486 g/mol. The van der Waals surface area contributed by atoms with E-state index in [1.807, 2.05) is 42.5 Å². The van der Waals surface area contributed by atoms with E-state index in [2.05, 4.69) is 28.1 Å². The van der Waals surface area contributed by atoms with E-state index in [0.717, 1.165) is 44.2 Å². The number of benzene rings is 3. The Labute approximate surface area is 223 Å². The topological polar surface area (TPSA) is 79.5 Å². The van der Waals surface area contributed by atoms with Crippen LogP contribution in [0.15, 0.2) is 72.8 Å². The van der Waals surface area contributed by atoms with Crippen LogP contribution >= 0.6 is 11.6 Å². The van der Waals surface area contributed by atoms with Crippen molar-refractivity contribution in [2.45, 2.75) is 51.0 Å². The molecule has 3 aromatic rings. The maximum atomic E-state index is 12.8. The predicted molar refractivity (Wildman–Crippen MR) is 150 cm³/mol. The quantitative estimate of drug-likeness (QED) is 0.254. The number of amides is 2. The second-order valence-electron chi connectivity index (χ2n) is 9.34. The molecule has 194 valence electrons. The summed E-state index contributed by atoms with van der Waals surface area (Å²) in [6.45, 7) is 0.632. The minimum Gasteiger partial charge on any atom is -0.491 e. The maximum absolute atomic E-state index is 12.8. The minimum atomic E-state index is -0.236. The van der Waals surface area contributed by atoms with Gasteiger partial charge in [0, 0.05) is 11.7 Å². The average Bonchev–Trinajstić information content (AvgIpc) is 2.92. The third kappa shape index (κ3) is 8.25. The fourth-order valence-corrected chi connectivity index (χ4v) is 4.71. The van der Waals surface area contributed by atoms with Crippen molar-refractivity contribution < 1.29 is 14.3 Å². The number of hydrogen-bond acceptors (Lipinski definition) is 4. The summed E-state index contributed by atoms with van der Waals surface area (Å²) in [6.07, 6.45) is 7.29. The van der Waals surface area contributed by atoms with Crippen LogP contribution in [0.25, 0.3) is 0 Å². The molecule has 0 radical (unpaired) electrons. The maximum Gasteiger partial charge on any atom is 0.253 e. The number of ether oxygens (including phenoxy) is 1. The predicted octanol–water partition coefficient (Wildman–Crippen LogP) is 6.46. The number of rotatable bonds is 11. The second kappa shape index (κ2) is 13.7. The van der Waals surface area contributed by atoms with Crippen molar-refractivity contribution >= 4 is 34.8 Å². The summed E-state index contributed by atoms with van der Waals surface area (Å²) in [5.41, 5.74) is 2.93. The molecule has 0 bridgehead atoms. The van der Waals surface area contributed by atoms with Crippen molar-refractivity contribution in [1.29, 1.82) is 0 Å². The van der Waals surface area contributed by atoms with E-state index in [0.29, 0.717) is 28.6 Å². The summed E-state index contributed by atoms with van der Waals surface area (Å²) in [5.74, 6) is 0.265. The number of halogens is 1. The molecule has 1 fully saturated rings. The average molecular weight is 520 g/mol. The largest absolute Gasteiger partial charge is 0.491 e. The molecule has 1 aliphatic rings. The molecule has 0 aliphatic heterocycles. The number of aryl methyl sites for hydroxylation is 1. The normalized spacial score (nSPS) is 13.5. The molecule has 0 unspecified atom stereocenters. The summed E-state index contributed by atoms with van der Waals surface area (Å²) >= 11 is 6.29. The number of carbonyl (C=O) groups is 2. The number of carbonyl (C=O) groups excluding carboxylic acids is 2. The molecule has 7 heteroatoms. The van der Waals surface area contributed by atoms with Crippen molar-refractivity contribution in [2.75, 3.05) is 23.8 Å². The first-order chi connectivity index (χ1) is 18.1. The Morgan fingerprint density at radius 3 is 2.49 bits per heavy atom. The van der Waals surface area contributed by atoms with E-state index in [4.69, 9.17) is 16.3 Å². The van der Waals surface area contributed by atoms with E-state index < -0.39 is 0 Å². The summed E-state index contributed by atoms with van der Waals surface area (Å²) in [7, 11) is 0. The molecule has 0 heterocycles. The molecule has 4 rings (SSSR count). The van der Waals surface area contributed by atoms with Crippen LogP contribution in [0.2, 0.25) is 5.02 Å². The van der Waals surface area contributed by atoms with Gasteiger partial charge in [0.05, 0.1) is 29.4 Å². The van der Waals surface area contributed by atoms with Gasteiger partial charge in [-0.25, -0.2) is 0 Å². The Morgan fingerprint density at radius 2 is 1.68 bits per heavy atom. The zero-order valence-electron chi connectivity index (χ0n) is 21.0. The second-order valence-corrected chi connectivity index (χ2v) is 9.75. The van der Waals surface area contributed by atoms with Gasteiger partial charge in [-0.3, -0.25) is 9.59 Å². The standard InChI is InChI=1S/C30H34ClN3O3/c31-26-18-17-24(20-25(26)30(36)34-23-13-5-2-6-14-23)33-29(35)21-32-27-15-7-8-16-28(27)37-19-9-12-22-10-3-1-4-11-22/h1,3-4,7-8,10-11,15-18,20,23,32H,2,5-6,9,12-14,19,21H2,(H,33,35)(H,34,36). The van der Waals surface area contributed by atoms with Gasteiger partial charge < -0.3 is 20.7 Å². The molecule has 0 saturated heterocycles. The van der Waals surface area contributed by atoms with Gasteiger partial charge in [0.15, 0.2) is 0 Å². The summed E-state index contributed by atoms with van der Waals surface area (Å²) in [6, 6.07) is 23.0. The highest BCUT2D eigenvalue weighted by Crippen LogP contribution is 2.25. The van der Waals surface area contributed by atoms with Crippen LogP contribution in [0.5, 0.6) is 5.75 Å². The molecule has 0 aromatic heterocycles. The van der Waals surface area contributed by atoms with Crippen LogP contribution in [0.4, 0.5) is 11.4 Å². The highest BCUT2D eigenvalue weighted by molar-refractivity contribution is 6.34. The lowest BCUT2D eigenvalue weighted by Gasteiger charge is -2.23. The highest BCUT2D eigenvalue weighted by atomic mass is 35.5. The van der Waals surface area contributed by atoms with Gasteiger partial charge in [0.2, 0.25) is 5.91 Å². The first-order valence-electron chi connectivity index (χ1n) is 13.0. The van der Waals surface area contributed by atoms with Gasteiger partial charge in [-0.1, -0.05) is 73.3 Å². The van der Waals surface area contributed by atoms with Crippen LogP contribution in [0.1, 0.15) is 54.4 Å². The molecule has 0 spiro atoms. The summed E-state index contributed by atoms with van der Waals surface area (Å²) in [4.78, 5) is 25.4. The Hall–Kier alpha value is -3.51. The van der Waals surface area contributed by atoms with Gasteiger partial charge in [0.25, 0.3) is 5.91 Å². The lowest BCUT2D eigenvalue weighted by atomic mass is 9.95. The number of hydrogen-bond donors (Lipinski definition) is 3. The van der Waals surface area contributed by atoms with Gasteiger partial charge in [-0.05, 0) is 61.6 Å². The molecule has 37 heavy (non-hydrogen) atoms. The monoisotopic (exact) mass is 519 g/mol. The molecular formula is C30H34ClN3O3. The molecule has 1 saturated carbocycles. The molecule has 2 amide bonds. The lowest BCUT2D eigenvalue weighted by molar-refractivity contribution is -0.114. The molecule has 0 atom stereocenters. The van der Waals surface area contributed by atoms with Gasteiger partial charge in [0.1, 0.15) is 5.75 Å². The zero-order chi connectivity index (χ0) is 25.9. The van der Waals surface area contributed by atoms with Gasteiger partial charge >= 0.3 is 0 Å².